The molecule has 2 amide bonds. The number of nitrogens with zero attached hydrogens (tertiary/aromatic N) is 4. The van der Waals surface area contributed by atoms with Gasteiger partial charge in [0.2, 0.25) is 11.8 Å². The van der Waals surface area contributed by atoms with Crippen LogP contribution in [-0.2, 0) is 20.9 Å². The number of carbonyl (C=O) groups excluding carboxylic acids is 2. The van der Waals surface area contributed by atoms with Crippen molar-refractivity contribution in [2.45, 2.75) is 45.1 Å². The Balaban J connectivity index is 1.55. The van der Waals surface area contributed by atoms with Crippen LogP contribution in [0.15, 0.2) is 18.7 Å². The zero-order valence-electron chi connectivity index (χ0n) is 15.7. The van der Waals surface area contributed by atoms with Gasteiger partial charge in [-0.15, -0.1) is 0 Å². The van der Waals surface area contributed by atoms with E-state index in [9.17, 15) is 9.59 Å². The predicted octanol–water partition coefficient (Wildman–Crippen LogP) is 1.54. The molecule has 0 saturated carbocycles. The lowest BCUT2D eigenvalue weighted by Gasteiger charge is -2.48. The van der Waals surface area contributed by atoms with Crippen molar-refractivity contribution in [3.05, 3.63) is 18.7 Å². The summed E-state index contributed by atoms with van der Waals surface area (Å²) in [7, 11) is 1.69. The Labute approximate surface area is 155 Å². The number of imidazole rings is 1. The summed E-state index contributed by atoms with van der Waals surface area (Å²) in [4.78, 5) is 33.0. The third kappa shape index (κ3) is 4.63. The highest BCUT2D eigenvalue weighted by Gasteiger charge is 2.42. The zero-order valence-corrected chi connectivity index (χ0v) is 15.7. The van der Waals surface area contributed by atoms with Crippen molar-refractivity contribution >= 4 is 11.8 Å². The van der Waals surface area contributed by atoms with Gasteiger partial charge in [-0.2, -0.15) is 0 Å². The molecule has 144 valence electrons. The van der Waals surface area contributed by atoms with E-state index in [1.54, 1.807) is 19.6 Å². The molecule has 7 heteroatoms. The highest BCUT2D eigenvalue weighted by molar-refractivity contribution is 5.78. The van der Waals surface area contributed by atoms with Crippen LogP contribution in [0.1, 0.15) is 38.5 Å². The van der Waals surface area contributed by atoms with Gasteiger partial charge in [-0.3, -0.25) is 9.59 Å². The monoisotopic (exact) mass is 362 g/mol. The first-order valence-electron chi connectivity index (χ1n) is 9.62. The van der Waals surface area contributed by atoms with Gasteiger partial charge in [-0.1, -0.05) is 0 Å². The first kappa shape index (κ1) is 18.9. The highest BCUT2D eigenvalue weighted by Crippen LogP contribution is 2.39. The van der Waals surface area contributed by atoms with E-state index in [1.165, 1.54) is 0 Å². The number of ether oxygens (including phenoxy) is 1. The van der Waals surface area contributed by atoms with Crippen LogP contribution in [0, 0.1) is 5.41 Å². The Morgan fingerprint density at radius 3 is 2.96 bits per heavy atom. The van der Waals surface area contributed by atoms with Gasteiger partial charge in [0.1, 0.15) is 0 Å². The van der Waals surface area contributed by atoms with E-state index < -0.39 is 0 Å². The summed E-state index contributed by atoms with van der Waals surface area (Å²) in [5, 5.41) is 0. The van der Waals surface area contributed by atoms with Crippen LogP contribution in [0.3, 0.4) is 0 Å². The molecule has 3 rings (SSSR count). The molecule has 1 unspecified atom stereocenters. The molecule has 26 heavy (non-hydrogen) atoms. The number of hydrogen-bond donors (Lipinski definition) is 0. The number of carbonyl (C=O) groups is 2. The summed E-state index contributed by atoms with van der Waals surface area (Å²) in [6, 6.07) is 0. The van der Waals surface area contributed by atoms with Crippen LogP contribution < -0.4 is 0 Å². The minimum absolute atomic E-state index is 0.0733. The first-order valence-corrected chi connectivity index (χ1v) is 9.62. The van der Waals surface area contributed by atoms with Crippen molar-refractivity contribution in [3.63, 3.8) is 0 Å². The molecule has 2 fully saturated rings. The summed E-state index contributed by atoms with van der Waals surface area (Å²) in [6.07, 6.45) is 10.4. The van der Waals surface area contributed by atoms with Crippen molar-refractivity contribution in [1.29, 1.82) is 0 Å². The molecule has 0 N–H and O–H groups in total. The summed E-state index contributed by atoms with van der Waals surface area (Å²) in [5.74, 6) is 0.455. The van der Waals surface area contributed by atoms with Crippen LogP contribution in [0.4, 0.5) is 0 Å². The molecular weight excluding hydrogens is 332 g/mol. The van der Waals surface area contributed by atoms with Crippen molar-refractivity contribution in [2.24, 2.45) is 5.41 Å². The number of rotatable bonds is 7. The molecule has 2 aliphatic rings. The molecule has 7 nitrogen and oxygen atoms in total. The fraction of sp³-hybridized carbons (Fsp3) is 0.737. The maximum Gasteiger partial charge on any atom is 0.224 e. The summed E-state index contributed by atoms with van der Waals surface area (Å²) in [6.45, 7) is 4.50. The van der Waals surface area contributed by atoms with E-state index in [-0.39, 0.29) is 17.2 Å². The first-order chi connectivity index (χ1) is 12.6. The largest absolute Gasteiger partial charge is 0.385 e. The average molecular weight is 362 g/mol. The molecule has 1 atom stereocenters. The lowest BCUT2D eigenvalue weighted by Crippen LogP contribution is -2.55. The van der Waals surface area contributed by atoms with Gasteiger partial charge < -0.3 is 19.1 Å². The fourth-order valence-corrected chi connectivity index (χ4v) is 4.26. The molecule has 1 spiro atoms. The van der Waals surface area contributed by atoms with E-state index in [0.29, 0.717) is 26.0 Å². The quantitative estimate of drug-likeness (QED) is 0.690. The number of hydrogen-bond acceptors (Lipinski definition) is 4. The van der Waals surface area contributed by atoms with Crippen LogP contribution in [0.5, 0.6) is 0 Å². The van der Waals surface area contributed by atoms with Gasteiger partial charge in [0.15, 0.2) is 0 Å². The lowest BCUT2D eigenvalue weighted by atomic mass is 9.73. The molecule has 0 radical (unpaired) electrons. The second kappa shape index (κ2) is 8.66. The molecule has 1 aromatic rings. The second-order valence-electron chi connectivity index (χ2n) is 7.63. The summed E-state index contributed by atoms with van der Waals surface area (Å²) < 4.78 is 7.05. The van der Waals surface area contributed by atoms with Crippen LogP contribution in [-0.4, -0.2) is 71.1 Å². The van der Waals surface area contributed by atoms with Crippen molar-refractivity contribution in [3.8, 4) is 0 Å². The topological polar surface area (TPSA) is 67.7 Å². The van der Waals surface area contributed by atoms with E-state index in [4.69, 9.17) is 4.74 Å². The molecule has 1 aromatic heterocycles. The fourth-order valence-electron chi connectivity index (χ4n) is 4.26. The molecule has 2 aliphatic heterocycles. The Bertz CT molecular complexity index is 604. The number of aryl methyl sites for hydroxylation is 1. The minimum atomic E-state index is 0.0733. The number of methoxy groups -OCH3 is 1. The van der Waals surface area contributed by atoms with Gasteiger partial charge in [-0.25, -0.2) is 4.98 Å². The van der Waals surface area contributed by atoms with E-state index >= 15 is 0 Å². The van der Waals surface area contributed by atoms with E-state index in [1.807, 2.05) is 20.6 Å². The van der Waals surface area contributed by atoms with Crippen molar-refractivity contribution < 1.29 is 14.3 Å². The maximum absolute atomic E-state index is 12.7. The Morgan fingerprint density at radius 2 is 2.19 bits per heavy atom. The number of aromatic nitrogens is 2. The molecule has 0 bridgehead atoms. The van der Waals surface area contributed by atoms with Gasteiger partial charge in [0.25, 0.3) is 0 Å². The lowest BCUT2D eigenvalue weighted by molar-refractivity contribution is -0.143. The standard InChI is InChI=1S/C19H30N4O3/c1-26-13-3-10-23-15-19(7-4-17(23)24)6-2-9-22(14-19)18(25)5-11-21-12-8-20-16-21/h8,12,16H,2-7,9-11,13-15H2,1H3. The molecule has 3 heterocycles. The average Bonchev–Trinajstić information content (AvgIpc) is 3.17. The van der Waals surface area contributed by atoms with Gasteiger partial charge in [-0.05, 0) is 25.7 Å². The maximum atomic E-state index is 12.7. The van der Waals surface area contributed by atoms with Crippen LogP contribution in [0.25, 0.3) is 0 Å². The van der Waals surface area contributed by atoms with Gasteiger partial charge in [0.05, 0.1) is 6.33 Å². The third-order valence-electron chi connectivity index (χ3n) is 5.68. The molecular formula is C19H30N4O3. The van der Waals surface area contributed by atoms with Gasteiger partial charge >= 0.3 is 0 Å². The summed E-state index contributed by atoms with van der Waals surface area (Å²) >= 11 is 0. The third-order valence-corrected chi connectivity index (χ3v) is 5.68. The number of likely N-dealkylation sites (tertiary alicyclic amines) is 2. The number of piperidine rings is 2. The highest BCUT2D eigenvalue weighted by atomic mass is 16.5. The van der Waals surface area contributed by atoms with Gasteiger partial charge in [0, 0.05) is 77.1 Å². The predicted molar refractivity (Wildman–Crippen MR) is 97.4 cm³/mol. The number of amides is 2. The van der Waals surface area contributed by atoms with Crippen molar-refractivity contribution in [1.82, 2.24) is 19.4 Å². The van der Waals surface area contributed by atoms with Crippen LogP contribution in [0.2, 0.25) is 0 Å². The molecule has 2 saturated heterocycles. The Hall–Kier alpha value is -1.89. The molecule has 0 aromatic carbocycles. The minimum Gasteiger partial charge on any atom is -0.385 e. The summed E-state index contributed by atoms with van der Waals surface area (Å²) in [5.41, 5.74) is 0.0733. The van der Waals surface area contributed by atoms with E-state index in [2.05, 4.69) is 4.98 Å². The molecule has 0 aliphatic carbocycles. The Morgan fingerprint density at radius 1 is 1.31 bits per heavy atom. The zero-order chi connectivity index (χ0) is 18.4. The SMILES string of the molecule is COCCCN1CC2(CCCN(C(=O)CCn3ccnc3)C2)CCC1=O. The second-order valence-corrected chi connectivity index (χ2v) is 7.63. The van der Waals surface area contributed by atoms with E-state index in [0.717, 1.165) is 51.9 Å². The normalized spacial score (nSPS) is 23.7. The Kier molecular flexibility index (Phi) is 6.29. The van der Waals surface area contributed by atoms with Crippen LogP contribution >= 0.6 is 0 Å². The van der Waals surface area contributed by atoms with Crippen molar-refractivity contribution in [2.75, 3.05) is 39.9 Å². The smallest absolute Gasteiger partial charge is 0.224 e.